The summed E-state index contributed by atoms with van der Waals surface area (Å²) in [4.78, 5) is 34.0. The van der Waals surface area contributed by atoms with Crippen LogP contribution in [0.25, 0.3) is 0 Å². The highest BCUT2D eigenvalue weighted by molar-refractivity contribution is 7.81. The quantitative estimate of drug-likeness (QED) is 0.647. The minimum Gasteiger partial charge on any atom is -0.481 e. The van der Waals surface area contributed by atoms with E-state index in [1.54, 1.807) is 13.8 Å². The van der Waals surface area contributed by atoms with Gasteiger partial charge in [0, 0.05) is 17.6 Å². The fourth-order valence-corrected chi connectivity index (χ4v) is 2.07. The molecule has 0 saturated carbocycles. The van der Waals surface area contributed by atoms with Crippen LogP contribution in [0.3, 0.4) is 0 Å². The van der Waals surface area contributed by atoms with Crippen molar-refractivity contribution < 1.29 is 19.5 Å². The second-order valence-electron chi connectivity index (χ2n) is 4.87. The zero-order valence-corrected chi connectivity index (χ0v) is 10.8. The summed E-state index contributed by atoms with van der Waals surface area (Å²) in [5.41, 5.74) is 0. The first-order valence-corrected chi connectivity index (χ1v) is 5.94. The molecule has 0 radical (unpaired) electrons. The van der Waals surface area contributed by atoms with Crippen molar-refractivity contribution in [2.45, 2.75) is 43.9 Å². The third-order valence-corrected chi connectivity index (χ3v) is 3.24. The largest absolute Gasteiger partial charge is 0.481 e. The van der Waals surface area contributed by atoms with Crippen LogP contribution >= 0.6 is 12.6 Å². The van der Waals surface area contributed by atoms with Gasteiger partial charge in [0.1, 0.15) is 0 Å². The molecule has 1 aliphatic rings. The highest BCUT2D eigenvalue weighted by Crippen LogP contribution is 2.30. The van der Waals surface area contributed by atoms with Crippen molar-refractivity contribution in [3.8, 4) is 0 Å². The molecular formula is C11H17NO4S. The number of Topliss-reactive ketones (excluding diaryl/α,β-unsaturated/α-hetero) is 1. The lowest BCUT2D eigenvalue weighted by Crippen LogP contribution is -2.54. The van der Waals surface area contributed by atoms with Crippen molar-refractivity contribution in [3.05, 3.63) is 0 Å². The normalized spacial score (nSPS) is 25.6. The van der Waals surface area contributed by atoms with Gasteiger partial charge < -0.3 is 10.4 Å². The van der Waals surface area contributed by atoms with Crippen molar-refractivity contribution in [2.75, 3.05) is 0 Å². The molecule has 6 heteroatoms. The predicted octanol–water partition coefficient (Wildman–Crippen LogP) is 0.633. The van der Waals surface area contributed by atoms with E-state index in [4.69, 9.17) is 5.11 Å². The van der Waals surface area contributed by atoms with Crippen molar-refractivity contribution in [1.29, 1.82) is 0 Å². The lowest BCUT2D eigenvalue weighted by Gasteiger charge is -2.34. The zero-order chi connectivity index (χ0) is 13.2. The van der Waals surface area contributed by atoms with Crippen molar-refractivity contribution in [1.82, 2.24) is 5.32 Å². The number of carbonyl (C=O) groups is 3. The Balaban J connectivity index is 2.65. The van der Waals surface area contributed by atoms with E-state index in [1.165, 1.54) is 0 Å². The molecular weight excluding hydrogens is 242 g/mol. The monoisotopic (exact) mass is 259 g/mol. The molecule has 0 aromatic carbocycles. The van der Waals surface area contributed by atoms with Crippen LogP contribution in [0.2, 0.25) is 0 Å². The molecule has 1 aliphatic heterocycles. The molecule has 2 atom stereocenters. The van der Waals surface area contributed by atoms with Gasteiger partial charge in [-0.05, 0) is 6.42 Å². The second-order valence-corrected chi connectivity index (χ2v) is 6.02. The number of hydrogen-bond acceptors (Lipinski definition) is 4. The molecule has 1 saturated heterocycles. The smallest absolute Gasteiger partial charge is 0.303 e. The Labute approximate surface area is 105 Å². The van der Waals surface area contributed by atoms with Gasteiger partial charge in [-0.15, -0.1) is 0 Å². The van der Waals surface area contributed by atoms with E-state index in [0.717, 1.165) is 0 Å². The van der Waals surface area contributed by atoms with Crippen LogP contribution in [0.5, 0.6) is 0 Å². The highest BCUT2D eigenvalue weighted by Gasteiger charge is 2.40. The van der Waals surface area contributed by atoms with Gasteiger partial charge in [-0.3, -0.25) is 14.4 Å². The van der Waals surface area contributed by atoms with E-state index < -0.39 is 22.7 Å². The maximum absolute atomic E-state index is 11.8. The minimum atomic E-state index is -0.969. The molecule has 0 aliphatic carbocycles. The summed E-state index contributed by atoms with van der Waals surface area (Å²) in [5, 5.41) is 11.1. The van der Waals surface area contributed by atoms with Gasteiger partial charge in [0.05, 0.1) is 12.0 Å². The summed E-state index contributed by atoms with van der Waals surface area (Å²) in [6, 6.07) is -0.662. The summed E-state index contributed by atoms with van der Waals surface area (Å²) < 4.78 is -0.558. The number of thiol groups is 1. The number of aliphatic carboxylic acids is 1. The van der Waals surface area contributed by atoms with Crippen LogP contribution in [0.4, 0.5) is 0 Å². The van der Waals surface area contributed by atoms with Crippen LogP contribution in [0.1, 0.15) is 33.1 Å². The van der Waals surface area contributed by atoms with Gasteiger partial charge in [0.2, 0.25) is 5.91 Å². The predicted molar refractivity (Wildman–Crippen MR) is 65.0 cm³/mol. The van der Waals surface area contributed by atoms with E-state index in [0.29, 0.717) is 0 Å². The number of rotatable bonds is 4. The number of amides is 1. The summed E-state index contributed by atoms with van der Waals surface area (Å²) in [5.74, 6) is -1.76. The van der Waals surface area contributed by atoms with E-state index in [2.05, 4.69) is 17.9 Å². The third kappa shape index (κ3) is 3.73. The Hall–Kier alpha value is -1.04. The van der Waals surface area contributed by atoms with Crippen molar-refractivity contribution >= 4 is 30.3 Å². The number of nitrogens with one attached hydrogen (secondary N) is 1. The van der Waals surface area contributed by atoms with E-state index in [1.807, 2.05) is 0 Å². The topological polar surface area (TPSA) is 83.5 Å². The molecule has 1 fully saturated rings. The first-order chi connectivity index (χ1) is 7.71. The Morgan fingerprint density at radius 3 is 2.59 bits per heavy atom. The van der Waals surface area contributed by atoms with Crippen LogP contribution in [-0.2, 0) is 14.4 Å². The zero-order valence-electron chi connectivity index (χ0n) is 9.90. The van der Waals surface area contributed by atoms with Gasteiger partial charge >= 0.3 is 5.97 Å². The number of ketones is 1. The van der Waals surface area contributed by atoms with Crippen LogP contribution in [0, 0.1) is 5.92 Å². The molecule has 0 aromatic rings. The molecule has 2 N–H and O–H groups in total. The third-order valence-electron chi connectivity index (χ3n) is 2.93. The van der Waals surface area contributed by atoms with Gasteiger partial charge in [0.15, 0.2) is 5.78 Å². The maximum Gasteiger partial charge on any atom is 0.303 e. The molecule has 1 heterocycles. The number of piperidine rings is 1. The molecule has 0 bridgehead atoms. The van der Waals surface area contributed by atoms with Gasteiger partial charge in [0.25, 0.3) is 0 Å². The molecule has 2 unspecified atom stereocenters. The summed E-state index contributed by atoms with van der Waals surface area (Å²) in [6.45, 7) is 3.57. The minimum absolute atomic E-state index is 0.113. The molecule has 1 rings (SSSR count). The molecule has 96 valence electrons. The number of hydrogen-bond donors (Lipinski definition) is 3. The fraction of sp³-hybridized carbons (Fsp3) is 0.727. The van der Waals surface area contributed by atoms with Crippen LogP contribution < -0.4 is 5.32 Å². The molecule has 0 aromatic heterocycles. The van der Waals surface area contributed by atoms with E-state index in [9.17, 15) is 14.4 Å². The standard InChI is InChI=1S/C11H17NO4S/c1-11(2,17)6-5-8(13)7(12-10(6)16)3-4-9(14)15/h6-7,17H,3-5H2,1-2H3,(H,12,16)(H,14,15). The maximum atomic E-state index is 11.8. The molecule has 17 heavy (non-hydrogen) atoms. The lowest BCUT2D eigenvalue weighted by atomic mass is 9.83. The fourth-order valence-electron chi connectivity index (χ4n) is 1.86. The Morgan fingerprint density at radius 1 is 1.53 bits per heavy atom. The summed E-state index contributed by atoms with van der Waals surface area (Å²) in [7, 11) is 0. The number of carbonyl (C=O) groups excluding carboxylic acids is 2. The van der Waals surface area contributed by atoms with Gasteiger partial charge in [-0.1, -0.05) is 13.8 Å². The van der Waals surface area contributed by atoms with E-state index >= 15 is 0 Å². The SMILES string of the molecule is CC(C)(S)C1CC(=O)C(CCC(=O)O)NC1=O. The number of carboxylic acid groups (broad SMARTS) is 1. The lowest BCUT2D eigenvalue weighted by molar-refractivity contribution is -0.140. The first kappa shape index (κ1) is 14.0. The Bertz CT molecular complexity index is 348. The van der Waals surface area contributed by atoms with E-state index in [-0.39, 0.29) is 31.0 Å². The Morgan fingerprint density at radius 2 is 2.12 bits per heavy atom. The molecule has 0 spiro atoms. The van der Waals surface area contributed by atoms with Crippen molar-refractivity contribution in [3.63, 3.8) is 0 Å². The van der Waals surface area contributed by atoms with Gasteiger partial charge in [-0.2, -0.15) is 12.6 Å². The van der Waals surface area contributed by atoms with Crippen LogP contribution in [-0.4, -0.2) is 33.6 Å². The first-order valence-electron chi connectivity index (χ1n) is 5.49. The van der Waals surface area contributed by atoms with Crippen LogP contribution in [0.15, 0.2) is 0 Å². The average Bonchev–Trinajstić information content (AvgIpc) is 2.17. The summed E-state index contributed by atoms with van der Waals surface area (Å²) in [6.07, 6.45) is 0.165. The Kier molecular flexibility index (Phi) is 4.19. The molecule has 1 amide bonds. The summed E-state index contributed by atoms with van der Waals surface area (Å²) >= 11 is 4.30. The highest BCUT2D eigenvalue weighted by atomic mass is 32.1. The van der Waals surface area contributed by atoms with Crippen molar-refractivity contribution in [2.24, 2.45) is 5.92 Å². The van der Waals surface area contributed by atoms with Gasteiger partial charge in [-0.25, -0.2) is 0 Å². The second kappa shape index (κ2) is 5.08. The molecule has 5 nitrogen and oxygen atoms in total. The number of carboxylic acids is 1. The average molecular weight is 259 g/mol.